The van der Waals surface area contributed by atoms with Gasteiger partial charge >= 0.3 is 6.03 Å². The first-order valence-electron chi connectivity index (χ1n) is 12.1. The number of hydrogen-bond acceptors (Lipinski definition) is 3. The van der Waals surface area contributed by atoms with Crippen molar-refractivity contribution in [2.24, 2.45) is 0 Å². The number of allylic oxidation sites excluding steroid dienone is 2. The number of rotatable bonds is 8. The largest absolute Gasteiger partial charge is 0.388 e. The smallest absolute Gasteiger partial charge is 0.321 e. The van der Waals surface area contributed by atoms with Crippen molar-refractivity contribution in [1.82, 2.24) is 9.80 Å². The Labute approximate surface area is 204 Å². The molecule has 1 heterocycles. The molecular formula is C29H38N2O3. The fraction of sp³-hybridized carbons (Fsp3) is 0.414. The van der Waals surface area contributed by atoms with E-state index in [1.54, 1.807) is 9.80 Å². The van der Waals surface area contributed by atoms with Crippen molar-refractivity contribution >= 4 is 6.03 Å². The van der Waals surface area contributed by atoms with E-state index in [0.717, 1.165) is 22.3 Å². The molecule has 34 heavy (non-hydrogen) atoms. The van der Waals surface area contributed by atoms with Gasteiger partial charge in [0.25, 0.3) is 0 Å². The van der Waals surface area contributed by atoms with Gasteiger partial charge in [-0.05, 0) is 51.7 Å². The molecule has 1 fully saturated rings. The van der Waals surface area contributed by atoms with Gasteiger partial charge in [-0.3, -0.25) is 0 Å². The van der Waals surface area contributed by atoms with Crippen molar-refractivity contribution in [2.45, 2.75) is 64.8 Å². The summed E-state index contributed by atoms with van der Waals surface area (Å²) < 4.78 is 0. The van der Waals surface area contributed by atoms with Crippen LogP contribution in [0.2, 0.25) is 0 Å². The summed E-state index contributed by atoms with van der Waals surface area (Å²) in [4.78, 5) is 17.5. The SMILES string of the molecule is CC(C)=CCN1C(=O)N(CC=C(C)C)[C@H](Cc2ccccc2)[C@H](O)[C@@H](O)[C@H]1Cc1ccccc1. The van der Waals surface area contributed by atoms with Crippen LogP contribution in [-0.2, 0) is 12.8 Å². The van der Waals surface area contributed by atoms with Crippen molar-refractivity contribution < 1.29 is 15.0 Å². The van der Waals surface area contributed by atoms with Gasteiger partial charge in [-0.1, -0.05) is 84.0 Å². The average Bonchev–Trinajstić information content (AvgIpc) is 2.88. The second-order valence-electron chi connectivity index (χ2n) is 9.65. The predicted octanol–water partition coefficient (Wildman–Crippen LogP) is 4.60. The fourth-order valence-corrected chi connectivity index (χ4v) is 4.43. The van der Waals surface area contributed by atoms with Crippen molar-refractivity contribution in [3.8, 4) is 0 Å². The Morgan fingerprint density at radius 1 is 0.706 bits per heavy atom. The second kappa shape index (κ2) is 12.0. The first kappa shape index (κ1) is 25.7. The zero-order chi connectivity index (χ0) is 24.7. The highest BCUT2D eigenvalue weighted by Gasteiger charge is 2.45. The van der Waals surface area contributed by atoms with Gasteiger partial charge in [0.1, 0.15) is 12.2 Å². The minimum absolute atomic E-state index is 0.160. The molecule has 1 aliphatic rings. The number of hydrogen-bond donors (Lipinski definition) is 2. The standard InChI is InChI=1S/C29H38N2O3/c1-21(2)15-17-30-25(19-23-11-7-5-8-12-23)27(32)28(33)26(20-24-13-9-6-10-14-24)31(29(30)34)18-16-22(3)4/h5-16,25-28,32-33H,17-20H2,1-4H3/t25-,26-,27+,28+/m1/s1. The molecule has 0 bridgehead atoms. The Bertz CT molecular complexity index is 899. The molecule has 0 spiro atoms. The number of carbonyl (C=O) groups excluding carboxylic acids is 1. The summed E-state index contributed by atoms with van der Waals surface area (Å²) in [6.45, 7) is 8.76. The van der Waals surface area contributed by atoms with Gasteiger partial charge in [-0.15, -0.1) is 0 Å². The minimum Gasteiger partial charge on any atom is -0.388 e. The van der Waals surface area contributed by atoms with Gasteiger partial charge in [0, 0.05) is 13.1 Å². The number of urea groups is 1. The van der Waals surface area contributed by atoms with Crippen molar-refractivity contribution in [3.05, 3.63) is 95.1 Å². The van der Waals surface area contributed by atoms with E-state index < -0.39 is 24.3 Å². The number of amides is 2. The minimum atomic E-state index is -1.08. The third kappa shape index (κ3) is 6.58. The van der Waals surface area contributed by atoms with E-state index >= 15 is 0 Å². The topological polar surface area (TPSA) is 64.0 Å². The van der Waals surface area contributed by atoms with E-state index in [4.69, 9.17) is 0 Å². The average molecular weight is 463 g/mol. The highest BCUT2D eigenvalue weighted by atomic mass is 16.3. The number of aliphatic hydroxyl groups is 2. The Hall–Kier alpha value is -2.89. The van der Waals surface area contributed by atoms with Crippen LogP contribution in [0.4, 0.5) is 4.79 Å². The van der Waals surface area contributed by atoms with Gasteiger partial charge in [-0.25, -0.2) is 4.79 Å². The summed E-state index contributed by atoms with van der Waals surface area (Å²) >= 11 is 0. The van der Waals surface area contributed by atoms with Gasteiger partial charge < -0.3 is 20.0 Å². The highest BCUT2D eigenvalue weighted by Crippen LogP contribution is 2.27. The van der Waals surface area contributed by atoms with E-state index in [1.165, 1.54) is 0 Å². The molecule has 1 saturated heterocycles. The maximum absolute atomic E-state index is 14.0. The molecule has 0 radical (unpaired) electrons. The van der Waals surface area contributed by atoms with E-state index in [9.17, 15) is 15.0 Å². The maximum atomic E-state index is 14.0. The lowest BCUT2D eigenvalue weighted by Gasteiger charge is -2.34. The molecule has 4 atom stereocenters. The lowest BCUT2D eigenvalue weighted by atomic mass is 9.91. The molecule has 5 heteroatoms. The van der Waals surface area contributed by atoms with Crippen LogP contribution in [0.3, 0.4) is 0 Å². The number of aliphatic hydroxyl groups excluding tert-OH is 2. The summed E-state index contributed by atoms with van der Waals surface area (Å²) in [5.41, 5.74) is 4.24. The lowest BCUT2D eigenvalue weighted by molar-refractivity contribution is -0.0377. The molecule has 0 aliphatic carbocycles. The van der Waals surface area contributed by atoms with Crippen LogP contribution in [0.5, 0.6) is 0 Å². The van der Waals surface area contributed by atoms with Crippen LogP contribution in [0, 0.1) is 0 Å². The molecule has 2 aromatic rings. The van der Waals surface area contributed by atoms with E-state index in [1.807, 2.05) is 101 Å². The van der Waals surface area contributed by atoms with Crippen LogP contribution in [0.1, 0.15) is 38.8 Å². The summed E-state index contributed by atoms with van der Waals surface area (Å²) in [6, 6.07) is 18.5. The van der Waals surface area contributed by atoms with Crippen LogP contribution >= 0.6 is 0 Å². The highest BCUT2D eigenvalue weighted by molar-refractivity contribution is 5.76. The van der Waals surface area contributed by atoms with E-state index in [2.05, 4.69) is 0 Å². The van der Waals surface area contributed by atoms with E-state index in [-0.39, 0.29) is 6.03 Å². The second-order valence-corrected chi connectivity index (χ2v) is 9.65. The Kier molecular flexibility index (Phi) is 9.08. The summed E-state index contributed by atoms with van der Waals surface area (Å²) in [7, 11) is 0. The number of carbonyl (C=O) groups is 1. The third-order valence-corrected chi connectivity index (χ3v) is 6.40. The van der Waals surface area contributed by atoms with Crippen molar-refractivity contribution in [3.63, 3.8) is 0 Å². The van der Waals surface area contributed by atoms with Gasteiger partial charge in [-0.2, -0.15) is 0 Å². The molecule has 0 unspecified atom stereocenters. The molecule has 1 aliphatic heterocycles. The van der Waals surface area contributed by atoms with E-state index in [0.29, 0.717) is 25.9 Å². The Balaban J connectivity index is 2.05. The molecule has 0 saturated carbocycles. The molecule has 5 nitrogen and oxygen atoms in total. The predicted molar refractivity (Wildman–Crippen MR) is 138 cm³/mol. The fourth-order valence-electron chi connectivity index (χ4n) is 4.43. The summed E-state index contributed by atoms with van der Waals surface area (Å²) in [5, 5.41) is 22.9. The Morgan fingerprint density at radius 3 is 1.38 bits per heavy atom. The third-order valence-electron chi connectivity index (χ3n) is 6.40. The number of nitrogens with zero attached hydrogens (tertiary/aromatic N) is 2. The summed E-state index contributed by atoms with van der Waals surface area (Å²) in [6.07, 6.45) is 2.78. The number of benzene rings is 2. The monoisotopic (exact) mass is 462 g/mol. The molecule has 0 aromatic heterocycles. The molecule has 2 N–H and O–H groups in total. The van der Waals surface area contributed by atoms with Crippen LogP contribution in [0.15, 0.2) is 84.0 Å². The van der Waals surface area contributed by atoms with Crippen LogP contribution in [-0.4, -0.2) is 63.4 Å². The van der Waals surface area contributed by atoms with Crippen LogP contribution in [0.25, 0.3) is 0 Å². The van der Waals surface area contributed by atoms with Crippen LogP contribution < -0.4 is 0 Å². The first-order chi connectivity index (χ1) is 16.3. The zero-order valence-corrected chi connectivity index (χ0v) is 20.8. The van der Waals surface area contributed by atoms with Crippen molar-refractivity contribution in [1.29, 1.82) is 0 Å². The maximum Gasteiger partial charge on any atom is 0.321 e. The molecule has 182 valence electrons. The van der Waals surface area contributed by atoms with Gasteiger partial charge in [0.2, 0.25) is 0 Å². The molecule has 2 aromatic carbocycles. The summed E-state index contributed by atoms with van der Waals surface area (Å²) in [5.74, 6) is 0. The van der Waals surface area contributed by atoms with Crippen molar-refractivity contribution in [2.75, 3.05) is 13.1 Å². The molecule has 2 amide bonds. The quantitative estimate of drug-likeness (QED) is 0.564. The molecule has 3 rings (SSSR count). The van der Waals surface area contributed by atoms with Gasteiger partial charge in [0.15, 0.2) is 0 Å². The first-order valence-corrected chi connectivity index (χ1v) is 12.1. The normalized spacial score (nSPS) is 22.8. The lowest BCUT2D eigenvalue weighted by Crippen LogP contribution is -2.51. The Morgan fingerprint density at radius 2 is 1.06 bits per heavy atom. The van der Waals surface area contributed by atoms with Gasteiger partial charge in [0.05, 0.1) is 12.1 Å². The molecular weight excluding hydrogens is 424 g/mol. The zero-order valence-electron chi connectivity index (χ0n) is 20.8.